The van der Waals surface area contributed by atoms with Crippen LogP contribution in [0.15, 0.2) is 115 Å². The average molecular weight is 446 g/mol. The van der Waals surface area contributed by atoms with Crippen LogP contribution in [-0.4, -0.2) is 4.57 Å². The molecule has 0 aliphatic heterocycles. The van der Waals surface area contributed by atoms with Gasteiger partial charge in [0.25, 0.3) is 0 Å². The lowest BCUT2D eigenvalue weighted by atomic mass is 9.91. The van der Waals surface area contributed by atoms with Crippen LogP contribution < -0.4 is 0 Å². The molecule has 3 nitrogen and oxygen atoms in total. The highest BCUT2D eigenvalue weighted by Gasteiger charge is 2.18. The average Bonchev–Trinajstić information content (AvgIpc) is 3.27. The Hall–Kier alpha value is -5.12. The SMILES string of the molecule is N#Cc1cc(-c2ccccc2-n2c3ccccc3c3ccccc32)c(C#N)cc1-c1ccccc1. The van der Waals surface area contributed by atoms with Crippen LogP contribution in [0.5, 0.6) is 0 Å². The molecule has 35 heavy (non-hydrogen) atoms. The minimum Gasteiger partial charge on any atom is -0.309 e. The van der Waals surface area contributed by atoms with Crippen LogP contribution in [0.4, 0.5) is 0 Å². The molecule has 0 N–H and O–H groups in total. The van der Waals surface area contributed by atoms with Crippen LogP contribution in [0, 0.1) is 22.7 Å². The van der Waals surface area contributed by atoms with Crippen LogP contribution in [0.25, 0.3) is 49.7 Å². The molecule has 6 aromatic rings. The van der Waals surface area contributed by atoms with Crippen LogP contribution in [0.2, 0.25) is 0 Å². The summed E-state index contributed by atoms with van der Waals surface area (Å²) in [6, 6.07) is 43.0. The van der Waals surface area contributed by atoms with Crippen molar-refractivity contribution >= 4 is 21.8 Å². The molecular weight excluding hydrogens is 426 g/mol. The highest BCUT2D eigenvalue weighted by atomic mass is 15.0. The summed E-state index contributed by atoms with van der Waals surface area (Å²) in [7, 11) is 0. The Morgan fingerprint density at radius 3 is 1.66 bits per heavy atom. The van der Waals surface area contributed by atoms with E-state index in [2.05, 4.69) is 59.2 Å². The molecule has 0 bridgehead atoms. The molecule has 0 unspecified atom stereocenters. The first-order valence-corrected chi connectivity index (χ1v) is 11.4. The summed E-state index contributed by atoms with van der Waals surface area (Å²) >= 11 is 0. The van der Waals surface area contributed by atoms with Gasteiger partial charge in [-0.1, -0.05) is 84.9 Å². The summed E-state index contributed by atoms with van der Waals surface area (Å²) < 4.78 is 2.25. The van der Waals surface area contributed by atoms with Crippen LogP contribution in [0.1, 0.15) is 11.1 Å². The number of para-hydroxylation sites is 3. The van der Waals surface area contributed by atoms with Gasteiger partial charge in [0, 0.05) is 27.5 Å². The van der Waals surface area contributed by atoms with Crippen molar-refractivity contribution in [2.75, 3.05) is 0 Å². The van der Waals surface area contributed by atoms with Crippen LogP contribution >= 0.6 is 0 Å². The third-order valence-corrected chi connectivity index (χ3v) is 6.50. The number of rotatable bonds is 3. The number of benzene rings is 5. The van der Waals surface area contributed by atoms with Gasteiger partial charge in [0.15, 0.2) is 0 Å². The normalized spacial score (nSPS) is 10.8. The lowest BCUT2D eigenvalue weighted by molar-refractivity contribution is 1.18. The molecule has 0 amide bonds. The van der Waals surface area contributed by atoms with E-state index in [0.29, 0.717) is 11.1 Å². The summed E-state index contributed by atoms with van der Waals surface area (Å²) in [5.41, 5.74) is 7.59. The second-order valence-electron chi connectivity index (χ2n) is 8.42. The molecule has 0 spiro atoms. The third kappa shape index (κ3) is 3.27. The smallest absolute Gasteiger partial charge is 0.0998 e. The van der Waals surface area contributed by atoms with Gasteiger partial charge >= 0.3 is 0 Å². The molecule has 0 saturated carbocycles. The van der Waals surface area contributed by atoms with E-state index in [1.165, 1.54) is 10.8 Å². The molecular formula is C32H19N3. The lowest BCUT2D eigenvalue weighted by Crippen LogP contribution is -1.99. The van der Waals surface area contributed by atoms with Crippen molar-refractivity contribution in [1.82, 2.24) is 4.57 Å². The molecule has 0 fully saturated rings. The second kappa shape index (κ2) is 8.34. The fourth-order valence-electron chi connectivity index (χ4n) is 4.94. The zero-order valence-electron chi connectivity index (χ0n) is 18.8. The first kappa shape index (κ1) is 20.5. The first-order valence-electron chi connectivity index (χ1n) is 11.4. The molecule has 1 heterocycles. The molecule has 162 valence electrons. The van der Waals surface area contributed by atoms with E-state index in [9.17, 15) is 10.5 Å². The molecule has 6 rings (SSSR count). The maximum absolute atomic E-state index is 10.1. The molecule has 0 saturated heterocycles. The van der Waals surface area contributed by atoms with Crippen molar-refractivity contribution in [3.63, 3.8) is 0 Å². The zero-order chi connectivity index (χ0) is 23.8. The molecule has 3 heteroatoms. The fourth-order valence-corrected chi connectivity index (χ4v) is 4.94. The second-order valence-corrected chi connectivity index (χ2v) is 8.42. The summed E-state index contributed by atoms with van der Waals surface area (Å²) in [6.45, 7) is 0. The van der Waals surface area contributed by atoms with Crippen molar-refractivity contribution < 1.29 is 0 Å². The van der Waals surface area contributed by atoms with Gasteiger partial charge in [-0.15, -0.1) is 0 Å². The van der Waals surface area contributed by atoms with Gasteiger partial charge in [0.1, 0.15) is 0 Å². The monoisotopic (exact) mass is 445 g/mol. The van der Waals surface area contributed by atoms with Crippen molar-refractivity contribution in [2.24, 2.45) is 0 Å². The van der Waals surface area contributed by atoms with Gasteiger partial charge in [-0.05, 0) is 35.9 Å². The van der Waals surface area contributed by atoms with E-state index in [1.54, 1.807) is 0 Å². The van der Waals surface area contributed by atoms with Gasteiger partial charge in [-0.3, -0.25) is 0 Å². The predicted octanol–water partition coefficient (Wildman–Crippen LogP) is 7.86. The fraction of sp³-hybridized carbons (Fsp3) is 0. The van der Waals surface area contributed by atoms with Crippen LogP contribution in [0.3, 0.4) is 0 Å². The quantitative estimate of drug-likeness (QED) is 0.278. The molecule has 0 aliphatic rings. The summed E-state index contributed by atoms with van der Waals surface area (Å²) in [5.74, 6) is 0. The summed E-state index contributed by atoms with van der Waals surface area (Å²) in [5, 5.41) is 22.5. The van der Waals surface area contributed by atoms with Gasteiger partial charge in [0.2, 0.25) is 0 Å². The molecule has 0 aliphatic carbocycles. The van der Waals surface area contributed by atoms with Crippen molar-refractivity contribution in [2.45, 2.75) is 0 Å². The summed E-state index contributed by atoms with van der Waals surface area (Å²) in [4.78, 5) is 0. The topological polar surface area (TPSA) is 52.5 Å². The van der Waals surface area contributed by atoms with E-state index in [1.807, 2.05) is 72.8 Å². The number of fused-ring (bicyclic) bond motifs is 3. The van der Waals surface area contributed by atoms with E-state index in [0.717, 1.165) is 39.0 Å². The maximum Gasteiger partial charge on any atom is 0.0998 e. The predicted molar refractivity (Wildman–Crippen MR) is 141 cm³/mol. The first-order chi connectivity index (χ1) is 17.3. The minimum atomic E-state index is 0.538. The number of hydrogen-bond acceptors (Lipinski definition) is 2. The van der Waals surface area contributed by atoms with Gasteiger partial charge in [-0.2, -0.15) is 10.5 Å². The highest BCUT2D eigenvalue weighted by Crippen LogP contribution is 2.38. The number of nitriles is 2. The number of nitrogens with zero attached hydrogens (tertiary/aromatic N) is 3. The number of hydrogen-bond donors (Lipinski definition) is 0. The molecule has 0 atom stereocenters. The van der Waals surface area contributed by atoms with Crippen molar-refractivity contribution in [1.29, 1.82) is 10.5 Å². The van der Waals surface area contributed by atoms with E-state index >= 15 is 0 Å². The van der Waals surface area contributed by atoms with Crippen molar-refractivity contribution in [3.8, 4) is 40.1 Å². The van der Waals surface area contributed by atoms with Gasteiger partial charge < -0.3 is 4.57 Å². The Kier molecular flexibility index (Phi) is 4.88. The number of aromatic nitrogens is 1. The Balaban J connectivity index is 1.66. The van der Waals surface area contributed by atoms with E-state index in [4.69, 9.17) is 0 Å². The Bertz CT molecular complexity index is 1760. The third-order valence-electron chi connectivity index (χ3n) is 6.50. The molecule has 5 aromatic carbocycles. The van der Waals surface area contributed by atoms with Crippen molar-refractivity contribution in [3.05, 3.63) is 126 Å². The van der Waals surface area contributed by atoms with Crippen LogP contribution in [-0.2, 0) is 0 Å². The maximum atomic E-state index is 10.1. The minimum absolute atomic E-state index is 0.538. The summed E-state index contributed by atoms with van der Waals surface area (Å²) in [6.07, 6.45) is 0. The largest absolute Gasteiger partial charge is 0.309 e. The van der Waals surface area contributed by atoms with Gasteiger partial charge in [-0.25, -0.2) is 0 Å². The Labute approximate surface area is 203 Å². The Morgan fingerprint density at radius 1 is 0.486 bits per heavy atom. The van der Waals surface area contributed by atoms with Gasteiger partial charge in [0.05, 0.1) is 40.0 Å². The standard InChI is InChI=1S/C32H19N3/c33-20-23-19-29(24(21-34)18-28(23)22-10-2-1-3-11-22)27-14-6-9-17-32(27)35-30-15-7-4-12-25(30)26-13-5-8-16-31(26)35/h1-19H. The van der Waals surface area contributed by atoms with E-state index < -0.39 is 0 Å². The van der Waals surface area contributed by atoms with E-state index in [-0.39, 0.29) is 0 Å². The zero-order valence-corrected chi connectivity index (χ0v) is 18.8. The highest BCUT2D eigenvalue weighted by molar-refractivity contribution is 6.09. The Morgan fingerprint density at radius 2 is 1.00 bits per heavy atom. The molecule has 1 aromatic heterocycles. The molecule has 0 radical (unpaired) electrons. The lowest BCUT2D eigenvalue weighted by Gasteiger charge is -2.16.